The number of anilines is 2. The van der Waals surface area contributed by atoms with Crippen LogP contribution in [0.5, 0.6) is 0 Å². The largest absolute Gasteiger partial charge is 0.453 e. The van der Waals surface area contributed by atoms with Gasteiger partial charge in [0.1, 0.15) is 0 Å². The Morgan fingerprint density at radius 3 is 2.68 bits per heavy atom. The molecule has 31 heavy (non-hydrogen) atoms. The topological polar surface area (TPSA) is 92.5 Å². The number of hydrogen-bond donors (Lipinski definition) is 1. The minimum absolute atomic E-state index is 0.0418. The average Bonchev–Trinajstić information content (AvgIpc) is 3.31. The van der Waals surface area contributed by atoms with Crippen LogP contribution in [0.3, 0.4) is 0 Å². The number of nitrogens with zero attached hydrogens (tertiary/aromatic N) is 5. The lowest BCUT2D eigenvalue weighted by Gasteiger charge is -2.17. The van der Waals surface area contributed by atoms with Gasteiger partial charge < -0.3 is 10.2 Å². The number of halogens is 3. The number of carbonyl (C=O) groups excluding carboxylic acids is 2. The van der Waals surface area contributed by atoms with Gasteiger partial charge in [0.05, 0.1) is 6.42 Å². The van der Waals surface area contributed by atoms with Crippen LogP contribution in [0.25, 0.3) is 5.78 Å². The van der Waals surface area contributed by atoms with Crippen LogP contribution in [0, 0.1) is 13.8 Å². The van der Waals surface area contributed by atoms with Crippen LogP contribution in [0.15, 0.2) is 24.3 Å². The van der Waals surface area contributed by atoms with Crippen molar-refractivity contribution in [1.82, 2.24) is 19.6 Å². The van der Waals surface area contributed by atoms with Crippen molar-refractivity contribution in [2.45, 2.75) is 39.3 Å². The minimum atomic E-state index is -4.69. The van der Waals surface area contributed by atoms with Crippen molar-refractivity contribution in [3.63, 3.8) is 0 Å². The fourth-order valence-electron chi connectivity index (χ4n) is 3.62. The number of aromatic nitrogens is 4. The fourth-order valence-corrected chi connectivity index (χ4v) is 3.62. The second-order valence-corrected chi connectivity index (χ2v) is 7.33. The summed E-state index contributed by atoms with van der Waals surface area (Å²) in [5.74, 6) is -1.78. The van der Waals surface area contributed by atoms with E-state index in [0.717, 1.165) is 10.9 Å². The first-order valence-electron chi connectivity index (χ1n) is 9.64. The van der Waals surface area contributed by atoms with Crippen LogP contribution < -0.4 is 10.2 Å². The normalized spacial score (nSPS) is 14.5. The summed E-state index contributed by atoms with van der Waals surface area (Å²) in [7, 11) is 0. The van der Waals surface area contributed by atoms with E-state index in [1.807, 2.05) is 0 Å². The highest BCUT2D eigenvalue weighted by atomic mass is 19.4. The molecule has 1 N–H and O–H groups in total. The molecule has 1 saturated heterocycles. The maximum atomic E-state index is 12.9. The third-order valence-corrected chi connectivity index (χ3v) is 5.15. The first-order chi connectivity index (χ1) is 14.6. The Morgan fingerprint density at radius 2 is 2.00 bits per heavy atom. The molecular formula is C20H19F3N6O2. The Bertz CT molecular complexity index is 1190. The van der Waals surface area contributed by atoms with Crippen LogP contribution in [0.2, 0.25) is 0 Å². The van der Waals surface area contributed by atoms with Crippen molar-refractivity contribution in [2.75, 3.05) is 16.8 Å². The molecule has 0 saturated carbocycles. The lowest BCUT2D eigenvalue weighted by Crippen LogP contribution is -2.24. The van der Waals surface area contributed by atoms with Crippen molar-refractivity contribution in [2.24, 2.45) is 0 Å². The monoisotopic (exact) mass is 432 g/mol. The third-order valence-electron chi connectivity index (χ3n) is 5.15. The molecule has 3 heterocycles. The molecule has 2 aromatic heterocycles. The van der Waals surface area contributed by atoms with E-state index < -0.39 is 12.0 Å². The number of hydrogen-bond acceptors (Lipinski definition) is 5. The molecule has 3 aromatic rings. The van der Waals surface area contributed by atoms with Crippen LogP contribution >= 0.6 is 0 Å². The highest BCUT2D eigenvalue weighted by Gasteiger charge is 2.37. The van der Waals surface area contributed by atoms with E-state index in [-0.39, 0.29) is 24.0 Å². The predicted molar refractivity (Wildman–Crippen MR) is 106 cm³/mol. The maximum absolute atomic E-state index is 12.9. The SMILES string of the molecule is Cc1nc2nc(C(F)(F)F)nn2c(C)c1CC(=O)Nc1cccc(N2CCCC2=O)c1. The Kier molecular flexibility index (Phi) is 5.11. The molecule has 0 unspecified atom stereocenters. The lowest BCUT2D eigenvalue weighted by molar-refractivity contribution is -0.144. The van der Waals surface area contributed by atoms with Gasteiger partial charge in [0.2, 0.25) is 11.8 Å². The van der Waals surface area contributed by atoms with Gasteiger partial charge in [-0.1, -0.05) is 6.07 Å². The molecular weight excluding hydrogens is 413 g/mol. The van der Waals surface area contributed by atoms with Crippen LogP contribution in [0.4, 0.5) is 24.5 Å². The van der Waals surface area contributed by atoms with Crippen LogP contribution in [-0.2, 0) is 22.2 Å². The summed E-state index contributed by atoms with van der Waals surface area (Å²) in [6.45, 7) is 3.81. The number of rotatable bonds is 4. The van der Waals surface area contributed by atoms with E-state index in [0.29, 0.717) is 41.3 Å². The second kappa shape index (κ2) is 7.64. The van der Waals surface area contributed by atoms with Gasteiger partial charge in [0.25, 0.3) is 11.6 Å². The first kappa shape index (κ1) is 20.8. The van der Waals surface area contributed by atoms with Gasteiger partial charge in [-0.25, -0.2) is 9.50 Å². The van der Waals surface area contributed by atoms with Crippen LogP contribution in [0.1, 0.15) is 35.6 Å². The summed E-state index contributed by atoms with van der Waals surface area (Å²) in [5.41, 5.74) is 2.45. The molecule has 1 aliphatic heterocycles. The summed E-state index contributed by atoms with van der Waals surface area (Å²) in [6, 6.07) is 6.97. The average molecular weight is 432 g/mol. The molecule has 0 radical (unpaired) electrons. The zero-order chi connectivity index (χ0) is 22.3. The Balaban J connectivity index is 1.55. The van der Waals surface area contributed by atoms with Gasteiger partial charge >= 0.3 is 6.18 Å². The van der Waals surface area contributed by atoms with Gasteiger partial charge in [-0.05, 0) is 38.5 Å². The summed E-state index contributed by atoms with van der Waals surface area (Å²) in [6.07, 6.45) is -3.49. The van der Waals surface area contributed by atoms with Crippen molar-refractivity contribution in [3.8, 4) is 0 Å². The predicted octanol–water partition coefficient (Wildman–Crippen LogP) is 3.07. The quantitative estimate of drug-likeness (QED) is 0.684. The number of nitrogens with one attached hydrogen (secondary N) is 1. The Morgan fingerprint density at radius 1 is 1.23 bits per heavy atom. The van der Waals surface area contributed by atoms with Crippen LogP contribution in [-0.4, -0.2) is 37.9 Å². The Labute approximate surface area is 175 Å². The maximum Gasteiger partial charge on any atom is 0.453 e. The van der Waals surface area contributed by atoms with Gasteiger partial charge in [-0.2, -0.15) is 18.2 Å². The smallest absolute Gasteiger partial charge is 0.326 e. The fraction of sp³-hybridized carbons (Fsp3) is 0.350. The lowest BCUT2D eigenvalue weighted by atomic mass is 10.1. The zero-order valence-electron chi connectivity index (χ0n) is 16.8. The highest BCUT2D eigenvalue weighted by molar-refractivity contribution is 5.97. The molecule has 0 spiro atoms. The molecule has 162 valence electrons. The molecule has 0 atom stereocenters. The minimum Gasteiger partial charge on any atom is -0.326 e. The summed E-state index contributed by atoms with van der Waals surface area (Å²) in [5, 5.41) is 6.26. The van der Waals surface area contributed by atoms with Gasteiger partial charge in [0.15, 0.2) is 0 Å². The summed E-state index contributed by atoms with van der Waals surface area (Å²) in [4.78, 5) is 33.8. The van der Waals surface area contributed by atoms with E-state index in [4.69, 9.17) is 0 Å². The van der Waals surface area contributed by atoms with E-state index in [2.05, 4.69) is 20.4 Å². The van der Waals surface area contributed by atoms with E-state index >= 15 is 0 Å². The zero-order valence-corrected chi connectivity index (χ0v) is 16.8. The summed E-state index contributed by atoms with van der Waals surface area (Å²) >= 11 is 0. The standard InChI is InChI=1S/C20H19F3N6O2/c1-11-15(12(2)29-19(24-11)26-18(27-29)20(21,22)23)10-16(30)25-13-5-3-6-14(9-13)28-8-4-7-17(28)31/h3,5-6,9H,4,7-8,10H2,1-2H3,(H,25,30). The molecule has 2 amide bonds. The number of fused-ring (bicyclic) bond motifs is 1. The molecule has 11 heteroatoms. The van der Waals surface area contributed by atoms with Crippen molar-refractivity contribution in [3.05, 3.63) is 47.0 Å². The first-order valence-corrected chi connectivity index (χ1v) is 9.64. The number of alkyl halides is 3. The highest BCUT2D eigenvalue weighted by Crippen LogP contribution is 2.27. The molecule has 1 aliphatic rings. The number of amides is 2. The van der Waals surface area contributed by atoms with E-state index in [9.17, 15) is 22.8 Å². The molecule has 1 fully saturated rings. The molecule has 0 aliphatic carbocycles. The second-order valence-electron chi connectivity index (χ2n) is 7.33. The van der Waals surface area contributed by atoms with Gasteiger partial charge in [-0.15, -0.1) is 5.10 Å². The molecule has 0 bridgehead atoms. The summed E-state index contributed by atoms with van der Waals surface area (Å²) < 4.78 is 39.8. The molecule has 8 nitrogen and oxygen atoms in total. The van der Waals surface area contributed by atoms with Crippen molar-refractivity contribution in [1.29, 1.82) is 0 Å². The van der Waals surface area contributed by atoms with Crippen molar-refractivity contribution < 1.29 is 22.8 Å². The van der Waals surface area contributed by atoms with E-state index in [1.165, 1.54) is 0 Å². The van der Waals surface area contributed by atoms with Gasteiger partial charge in [0, 0.05) is 41.3 Å². The molecule has 1 aromatic carbocycles. The van der Waals surface area contributed by atoms with Gasteiger partial charge in [-0.3, -0.25) is 9.59 Å². The number of carbonyl (C=O) groups is 2. The van der Waals surface area contributed by atoms with E-state index in [1.54, 1.807) is 43.0 Å². The Hall–Kier alpha value is -3.50. The number of aryl methyl sites for hydroxylation is 2. The number of benzene rings is 1. The van der Waals surface area contributed by atoms with Crippen molar-refractivity contribution >= 4 is 29.0 Å². The molecule has 4 rings (SSSR count). The third kappa shape index (κ3) is 4.07.